The van der Waals surface area contributed by atoms with Gasteiger partial charge in [-0.15, -0.1) is 5.10 Å². The lowest BCUT2D eigenvalue weighted by Crippen LogP contribution is -1.95. The number of aromatic nitrogens is 5. The van der Waals surface area contributed by atoms with Crippen LogP contribution in [0.3, 0.4) is 0 Å². The number of nitrogens with zero attached hydrogens (tertiary/aromatic N) is 5. The monoisotopic (exact) mass is 212 g/mol. The highest BCUT2D eigenvalue weighted by molar-refractivity contribution is 5.76. The minimum atomic E-state index is 0.388. The molecular weight excluding hydrogens is 204 g/mol. The van der Waals surface area contributed by atoms with Crippen molar-refractivity contribution in [1.29, 1.82) is 0 Å². The van der Waals surface area contributed by atoms with Gasteiger partial charge in [0.05, 0.1) is 22.9 Å². The quantitative estimate of drug-likeness (QED) is 0.644. The zero-order chi connectivity index (χ0) is 11.0. The number of rotatable bonds is 1. The van der Waals surface area contributed by atoms with E-state index in [9.17, 15) is 0 Å². The molecule has 0 bridgehead atoms. The molecule has 0 fully saturated rings. The molecule has 1 aromatic carbocycles. The van der Waals surface area contributed by atoms with Crippen molar-refractivity contribution in [3.05, 3.63) is 36.8 Å². The predicted molar refractivity (Wildman–Crippen MR) is 58.9 cm³/mol. The lowest BCUT2D eigenvalue weighted by Gasteiger charge is -2.00. The molecule has 2 N–H and O–H groups in total. The van der Waals surface area contributed by atoms with Gasteiger partial charge in [-0.2, -0.15) is 0 Å². The van der Waals surface area contributed by atoms with E-state index in [4.69, 9.17) is 5.73 Å². The molecule has 0 saturated carbocycles. The smallest absolute Gasteiger partial charge is 0.166 e. The van der Waals surface area contributed by atoms with Crippen LogP contribution < -0.4 is 5.73 Å². The number of hydrogen-bond donors (Lipinski definition) is 1. The summed E-state index contributed by atoms with van der Waals surface area (Å²) in [6.07, 6.45) is 4.97. The normalized spacial score (nSPS) is 10.8. The van der Waals surface area contributed by atoms with Gasteiger partial charge in [-0.3, -0.25) is 9.97 Å². The van der Waals surface area contributed by atoms with E-state index in [-0.39, 0.29) is 0 Å². The van der Waals surface area contributed by atoms with E-state index in [2.05, 4.69) is 20.3 Å². The Kier molecular flexibility index (Phi) is 1.79. The summed E-state index contributed by atoms with van der Waals surface area (Å²) in [5.41, 5.74) is 8.03. The van der Waals surface area contributed by atoms with Crippen LogP contribution in [0, 0.1) is 0 Å². The summed E-state index contributed by atoms with van der Waals surface area (Å²) in [4.78, 5) is 8.41. The van der Waals surface area contributed by atoms with Crippen molar-refractivity contribution in [2.45, 2.75) is 0 Å². The molecular formula is C10H8N6. The first kappa shape index (κ1) is 8.78. The SMILES string of the molecule is Nc1cn(-c2ccc3nccnc3c2)nn1. The highest BCUT2D eigenvalue weighted by Crippen LogP contribution is 2.14. The summed E-state index contributed by atoms with van der Waals surface area (Å²) in [5.74, 6) is 0.388. The van der Waals surface area contributed by atoms with Gasteiger partial charge in [0, 0.05) is 12.4 Å². The molecule has 0 radical (unpaired) electrons. The van der Waals surface area contributed by atoms with Crippen LogP contribution in [0.15, 0.2) is 36.8 Å². The molecule has 3 aromatic rings. The van der Waals surface area contributed by atoms with Crippen molar-refractivity contribution in [3.63, 3.8) is 0 Å². The van der Waals surface area contributed by atoms with Crippen LogP contribution in [0.4, 0.5) is 5.82 Å². The third kappa shape index (κ3) is 1.36. The van der Waals surface area contributed by atoms with E-state index in [1.54, 1.807) is 23.3 Å². The zero-order valence-corrected chi connectivity index (χ0v) is 8.28. The molecule has 3 rings (SSSR count). The van der Waals surface area contributed by atoms with Gasteiger partial charge in [-0.1, -0.05) is 5.21 Å². The fourth-order valence-electron chi connectivity index (χ4n) is 1.50. The number of benzene rings is 1. The molecule has 0 aliphatic rings. The van der Waals surface area contributed by atoms with Gasteiger partial charge >= 0.3 is 0 Å². The van der Waals surface area contributed by atoms with Gasteiger partial charge in [-0.25, -0.2) is 4.68 Å². The molecule has 0 spiro atoms. The fourth-order valence-corrected chi connectivity index (χ4v) is 1.50. The third-order valence-corrected chi connectivity index (χ3v) is 2.23. The standard InChI is InChI=1S/C10H8N6/c11-10-6-16(15-14-10)7-1-2-8-9(5-7)13-4-3-12-8/h1-6H,11H2. The predicted octanol–water partition coefficient (Wildman–Crippen LogP) is 0.793. The Labute approximate surface area is 90.7 Å². The summed E-state index contributed by atoms with van der Waals surface area (Å²) in [7, 11) is 0. The van der Waals surface area contributed by atoms with Crippen LogP contribution in [-0.2, 0) is 0 Å². The Morgan fingerprint density at radius 1 is 1.06 bits per heavy atom. The minimum absolute atomic E-state index is 0.388. The largest absolute Gasteiger partial charge is 0.381 e. The topological polar surface area (TPSA) is 82.5 Å². The average Bonchev–Trinajstić information content (AvgIpc) is 2.75. The number of anilines is 1. The molecule has 0 atom stereocenters. The Morgan fingerprint density at radius 2 is 1.88 bits per heavy atom. The first-order chi connectivity index (χ1) is 7.83. The van der Waals surface area contributed by atoms with E-state index < -0.39 is 0 Å². The third-order valence-electron chi connectivity index (χ3n) is 2.23. The maximum Gasteiger partial charge on any atom is 0.166 e. The molecule has 2 heterocycles. The van der Waals surface area contributed by atoms with Crippen LogP contribution in [0.1, 0.15) is 0 Å². The maximum atomic E-state index is 5.51. The average molecular weight is 212 g/mol. The van der Waals surface area contributed by atoms with Crippen LogP contribution >= 0.6 is 0 Å². The Hall–Kier alpha value is -2.50. The molecule has 16 heavy (non-hydrogen) atoms. The van der Waals surface area contributed by atoms with E-state index in [1.165, 1.54) is 0 Å². The van der Waals surface area contributed by atoms with Crippen molar-refractivity contribution in [3.8, 4) is 5.69 Å². The number of fused-ring (bicyclic) bond motifs is 1. The van der Waals surface area contributed by atoms with Crippen molar-refractivity contribution >= 4 is 16.9 Å². The second kappa shape index (κ2) is 3.27. The molecule has 0 saturated heterocycles. The highest BCUT2D eigenvalue weighted by atomic mass is 15.4. The van der Waals surface area contributed by atoms with Crippen LogP contribution in [0.25, 0.3) is 16.7 Å². The molecule has 6 nitrogen and oxygen atoms in total. The first-order valence-electron chi connectivity index (χ1n) is 4.72. The minimum Gasteiger partial charge on any atom is -0.381 e. The Balaban J connectivity index is 2.18. The second-order valence-electron chi connectivity index (χ2n) is 3.32. The van der Waals surface area contributed by atoms with Gasteiger partial charge in [0.25, 0.3) is 0 Å². The fraction of sp³-hybridized carbons (Fsp3) is 0. The Bertz CT molecular complexity index is 644. The molecule has 0 unspecified atom stereocenters. The van der Waals surface area contributed by atoms with Gasteiger partial charge in [-0.05, 0) is 18.2 Å². The molecule has 2 aromatic heterocycles. The summed E-state index contributed by atoms with van der Waals surface area (Å²) in [6, 6.07) is 5.66. The van der Waals surface area contributed by atoms with E-state index in [0.29, 0.717) is 5.82 Å². The van der Waals surface area contributed by atoms with Crippen LogP contribution in [0.2, 0.25) is 0 Å². The zero-order valence-electron chi connectivity index (χ0n) is 8.28. The van der Waals surface area contributed by atoms with E-state index >= 15 is 0 Å². The number of nitrogens with two attached hydrogens (primary N) is 1. The summed E-state index contributed by atoms with van der Waals surface area (Å²) in [6.45, 7) is 0. The summed E-state index contributed by atoms with van der Waals surface area (Å²) < 4.78 is 1.60. The van der Waals surface area contributed by atoms with Crippen molar-refractivity contribution in [2.24, 2.45) is 0 Å². The van der Waals surface area contributed by atoms with Gasteiger partial charge in [0.15, 0.2) is 5.82 Å². The van der Waals surface area contributed by atoms with Crippen molar-refractivity contribution in [2.75, 3.05) is 5.73 Å². The molecule has 0 aliphatic heterocycles. The van der Waals surface area contributed by atoms with Gasteiger partial charge < -0.3 is 5.73 Å². The van der Waals surface area contributed by atoms with E-state index in [0.717, 1.165) is 16.7 Å². The summed E-state index contributed by atoms with van der Waals surface area (Å²) >= 11 is 0. The molecule has 6 heteroatoms. The molecule has 0 aliphatic carbocycles. The molecule has 0 amide bonds. The Morgan fingerprint density at radius 3 is 2.62 bits per heavy atom. The van der Waals surface area contributed by atoms with Gasteiger partial charge in [0.1, 0.15) is 0 Å². The van der Waals surface area contributed by atoms with E-state index in [1.807, 2.05) is 18.2 Å². The lowest BCUT2D eigenvalue weighted by atomic mass is 10.2. The van der Waals surface area contributed by atoms with Gasteiger partial charge in [0.2, 0.25) is 0 Å². The van der Waals surface area contributed by atoms with Crippen LogP contribution in [-0.4, -0.2) is 25.0 Å². The number of hydrogen-bond acceptors (Lipinski definition) is 5. The molecule has 78 valence electrons. The highest BCUT2D eigenvalue weighted by Gasteiger charge is 2.02. The summed E-state index contributed by atoms with van der Waals surface area (Å²) in [5, 5.41) is 7.61. The maximum absolute atomic E-state index is 5.51. The lowest BCUT2D eigenvalue weighted by molar-refractivity contribution is 0.804. The first-order valence-corrected chi connectivity index (χ1v) is 4.72. The number of nitrogen functional groups attached to an aromatic ring is 1. The van der Waals surface area contributed by atoms with Crippen molar-refractivity contribution < 1.29 is 0 Å². The second-order valence-corrected chi connectivity index (χ2v) is 3.32. The van der Waals surface area contributed by atoms with Crippen LogP contribution in [0.5, 0.6) is 0 Å². The van der Waals surface area contributed by atoms with Crippen molar-refractivity contribution in [1.82, 2.24) is 25.0 Å².